The van der Waals surface area contributed by atoms with E-state index in [0.29, 0.717) is 12.2 Å². The van der Waals surface area contributed by atoms with Crippen molar-refractivity contribution < 1.29 is 14.7 Å². The van der Waals surface area contributed by atoms with Crippen molar-refractivity contribution in [1.82, 2.24) is 10.3 Å². The Balaban J connectivity index is 2.08. The molecule has 1 amide bonds. The van der Waals surface area contributed by atoms with Gasteiger partial charge in [-0.25, -0.2) is 9.78 Å². The van der Waals surface area contributed by atoms with E-state index >= 15 is 0 Å². The molecule has 1 aromatic heterocycles. The predicted octanol–water partition coefficient (Wildman–Crippen LogP) is 1.50. The second-order valence-electron chi connectivity index (χ2n) is 5.11. The van der Waals surface area contributed by atoms with Crippen LogP contribution < -0.4 is 10.6 Å². The van der Waals surface area contributed by atoms with Gasteiger partial charge in [0, 0.05) is 6.54 Å². The monoisotopic (exact) mass is 277 g/mol. The van der Waals surface area contributed by atoms with Gasteiger partial charge in [-0.2, -0.15) is 0 Å². The van der Waals surface area contributed by atoms with E-state index in [-0.39, 0.29) is 17.0 Å². The molecule has 1 aliphatic rings. The van der Waals surface area contributed by atoms with Gasteiger partial charge in [-0.15, -0.1) is 0 Å². The van der Waals surface area contributed by atoms with Crippen molar-refractivity contribution in [3.05, 3.63) is 24.0 Å². The quantitative estimate of drug-likeness (QED) is 0.775. The smallest absolute Gasteiger partial charge is 0.354 e. The number of nitrogens with zero attached hydrogens (tertiary/aromatic N) is 1. The van der Waals surface area contributed by atoms with Crippen molar-refractivity contribution in [2.45, 2.75) is 26.2 Å². The third-order valence-corrected chi connectivity index (χ3v) is 3.87. The van der Waals surface area contributed by atoms with E-state index in [9.17, 15) is 9.59 Å². The maximum absolute atomic E-state index is 12.4. The first-order chi connectivity index (χ1) is 9.57. The third-order valence-electron chi connectivity index (χ3n) is 3.87. The highest BCUT2D eigenvalue weighted by atomic mass is 16.4. The molecule has 2 rings (SSSR count). The average molecular weight is 277 g/mol. The first-order valence-corrected chi connectivity index (χ1v) is 6.79. The van der Waals surface area contributed by atoms with Crippen molar-refractivity contribution in [3.8, 4) is 0 Å². The lowest BCUT2D eigenvalue weighted by atomic mass is 9.77. The fourth-order valence-corrected chi connectivity index (χ4v) is 2.48. The standard InChI is InChI=1S/C14H19N3O3/c1-2-14(6-3-7-15-9-14)13(20)17-10-4-5-11(12(18)19)16-8-10/h4-5,8,15H,2-3,6-7,9H2,1H3,(H,17,20)(H,18,19). The molecule has 1 atom stereocenters. The average Bonchev–Trinajstić information content (AvgIpc) is 2.48. The Labute approximate surface area is 117 Å². The van der Waals surface area contributed by atoms with E-state index < -0.39 is 5.97 Å². The van der Waals surface area contributed by atoms with Crippen LogP contribution in [0.4, 0.5) is 5.69 Å². The maximum Gasteiger partial charge on any atom is 0.354 e. The van der Waals surface area contributed by atoms with Crippen LogP contribution >= 0.6 is 0 Å². The van der Waals surface area contributed by atoms with Crippen LogP contribution in [0, 0.1) is 5.41 Å². The molecule has 3 N–H and O–H groups in total. The van der Waals surface area contributed by atoms with Gasteiger partial charge in [-0.1, -0.05) is 6.92 Å². The molecule has 0 aliphatic carbocycles. The molecule has 6 nitrogen and oxygen atoms in total. The number of hydrogen-bond acceptors (Lipinski definition) is 4. The number of carbonyl (C=O) groups excluding carboxylic acids is 1. The molecule has 1 saturated heterocycles. The lowest BCUT2D eigenvalue weighted by Gasteiger charge is -2.35. The van der Waals surface area contributed by atoms with Crippen LogP contribution in [0.5, 0.6) is 0 Å². The van der Waals surface area contributed by atoms with Gasteiger partial charge in [0.2, 0.25) is 5.91 Å². The van der Waals surface area contributed by atoms with Gasteiger partial charge < -0.3 is 15.7 Å². The second kappa shape index (κ2) is 6.00. The summed E-state index contributed by atoms with van der Waals surface area (Å²) in [5, 5.41) is 14.9. The number of carbonyl (C=O) groups is 2. The predicted molar refractivity (Wildman–Crippen MR) is 74.7 cm³/mol. The molecule has 0 bridgehead atoms. The Morgan fingerprint density at radius 3 is 2.80 bits per heavy atom. The molecule has 108 valence electrons. The zero-order valence-corrected chi connectivity index (χ0v) is 11.5. The van der Waals surface area contributed by atoms with Crippen molar-refractivity contribution in [2.75, 3.05) is 18.4 Å². The summed E-state index contributed by atoms with van der Waals surface area (Å²) in [5.74, 6) is -1.11. The number of amides is 1. The highest BCUT2D eigenvalue weighted by molar-refractivity contribution is 5.95. The SMILES string of the molecule is CCC1(C(=O)Nc2ccc(C(=O)O)nc2)CCCNC1. The molecule has 2 heterocycles. The van der Waals surface area contributed by atoms with Crippen molar-refractivity contribution in [1.29, 1.82) is 0 Å². The van der Waals surface area contributed by atoms with Crippen LogP contribution in [-0.2, 0) is 4.79 Å². The van der Waals surface area contributed by atoms with Crippen LogP contribution in [0.1, 0.15) is 36.7 Å². The van der Waals surface area contributed by atoms with E-state index in [1.54, 1.807) is 6.07 Å². The summed E-state index contributed by atoms with van der Waals surface area (Å²) in [4.78, 5) is 27.0. The number of pyridine rings is 1. The fraction of sp³-hybridized carbons (Fsp3) is 0.500. The number of anilines is 1. The van der Waals surface area contributed by atoms with Crippen molar-refractivity contribution >= 4 is 17.6 Å². The zero-order chi connectivity index (χ0) is 14.6. The molecule has 1 fully saturated rings. The normalized spacial score (nSPS) is 22.2. The Hall–Kier alpha value is -1.95. The number of carboxylic acid groups (broad SMARTS) is 1. The minimum atomic E-state index is -1.08. The third kappa shape index (κ3) is 2.96. The summed E-state index contributed by atoms with van der Waals surface area (Å²) < 4.78 is 0. The van der Waals surface area contributed by atoms with Crippen LogP contribution in [0.25, 0.3) is 0 Å². The highest BCUT2D eigenvalue weighted by Gasteiger charge is 2.37. The number of aromatic nitrogens is 1. The number of aromatic carboxylic acids is 1. The first kappa shape index (κ1) is 14.5. The minimum Gasteiger partial charge on any atom is -0.477 e. The number of nitrogens with one attached hydrogen (secondary N) is 2. The molecule has 0 saturated carbocycles. The Morgan fingerprint density at radius 1 is 1.50 bits per heavy atom. The van der Waals surface area contributed by atoms with Crippen LogP contribution in [-0.4, -0.2) is 35.1 Å². The van der Waals surface area contributed by atoms with Gasteiger partial charge >= 0.3 is 5.97 Å². The summed E-state index contributed by atoms with van der Waals surface area (Å²) in [6.45, 7) is 3.64. The highest BCUT2D eigenvalue weighted by Crippen LogP contribution is 2.31. The Morgan fingerprint density at radius 2 is 2.30 bits per heavy atom. The topological polar surface area (TPSA) is 91.3 Å². The van der Waals surface area contributed by atoms with E-state index in [4.69, 9.17) is 5.11 Å². The number of rotatable bonds is 4. The summed E-state index contributed by atoms with van der Waals surface area (Å²) in [5.41, 5.74) is 0.106. The van der Waals surface area contributed by atoms with Gasteiger partial charge in [0.25, 0.3) is 0 Å². The van der Waals surface area contributed by atoms with E-state index in [1.807, 2.05) is 6.92 Å². The molecule has 1 aromatic rings. The molecule has 20 heavy (non-hydrogen) atoms. The largest absolute Gasteiger partial charge is 0.477 e. The lowest BCUT2D eigenvalue weighted by molar-refractivity contribution is -0.126. The fourth-order valence-electron chi connectivity index (χ4n) is 2.48. The molecule has 1 aliphatic heterocycles. The van der Waals surface area contributed by atoms with Gasteiger partial charge in [-0.3, -0.25) is 4.79 Å². The van der Waals surface area contributed by atoms with Crippen LogP contribution in [0.15, 0.2) is 18.3 Å². The Bertz CT molecular complexity index is 493. The number of piperidine rings is 1. The summed E-state index contributed by atoms with van der Waals surface area (Å²) >= 11 is 0. The van der Waals surface area contributed by atoms with Gasteiger partial charge in [0.1, 0.15) is 5.69 Å². The summed E-state index contributed by atoms with van der Waals surface area (Å²) in [6, 6.07) is 2.95. The maximum atomic E-state index is 12.4. The lowest BCUT2D eigenvalue weighted by Crippen LogP contribution is -2.47. The van der Waals surface area contributed by atoms with Crippen LogP contribution in [0.2, 0.25) is 0 Å². The number of carboxylic acids is 1. The Kier molecular flexibility index (Phi) is 4.34. The molecule has 0 spiro atoms. The van der Waals surface area contributed by atoms with Gasteiger partial charge in [0.15, 0.2) is 0 Å². The summed E-state index contributed by atoms with van der Waals surface area (Å²) in [7, 11) is 0. The molecule has 0 aromatic carbocycles. The number of hydrogen-bond donors (Lipinski definition) is 3. The molecule has 0 radical (unpaired) electrons. The second-order valence-corrected chi connectivity index (χ2v) is 5.11. The minimum absolute atomic E-state index is 0.0305. The van der Waals surface area contributed by atoms with E-state index in [1.165, 1.54) is 12.3 Å². The molecule has 1 unspecified atom stereocenters. The van der Waals surface area contributed by atoms with Crippen molar-refractivity contribution in [3.63, 3.8) is 0 Å². The van der Waals surface area contributed by atoms with Crippen LogP contribution in [0.3, 0.4) is 0 Å². The molecule has 6 heteroatoms. The molecular formula is C14H19N3O3. The molecular weight excluding hydrogens is 258 g/mol. The van der Waals surface area contributed by atoms with Gasteiger partial charge in [0.05, 0.1) is 17.3 Å². The summed E-state index contributed by atoms with van der Waals surface area (Å²) in [6.07, 6.45) is 3.99. The van der Waals surface area contributed by atoms with Crippen molar-refractivity contribution in [2.24, 2.45) is 5.41 Å². The van der Waals surface area contributed by atoms with E-state index in [2.05, 4.69) is 15.6 Å². The van der Waals surface area contributed by atoms with Gasteiger partial charge in [-0.05, 0) is 37.9 Å². The zero-order valence-electron chi connectivity index (χ0n) is 11.5. The van der Waals surface area contributed by atoms with E-state index in [0.717, 1.165) is 25.8 Å². The first-order valence-electron chi connectivity index (χ1n) is 6.79.